The molecule has 0 atom stereocenters. The van der Waals surface area contributed by atoms with Crippen LogP contribution in [0.3, 0.4) is 0 Å². The van der Waals surface area contributed by atoms with Gasteiger partial charge in [0.05, 0.1) is 5.75 Å². The van der Waals surface area contributed by atoms with E-state index in [0.29, 0.717) is 17.0 Å². The molecule has 0 heterocycles. The highest BCUT2D eigenvalue weighted by molar-refractivity contribution is 9.10. The second-order valence-corrected chi connectivity index (χ2v) is 6.87. The zero-order valence-electron chi connectivity index (χ0n) is 12.9. The van der Waals surface area contributed by atoms with Crippen molar-refractivity contribution < 1.29 is 19.5 Å². The highest BCUT2D eigenvalue weighted by Crippen LogP contribution is 2.22. The molecule has 25 heavy (non-hydrogen) atoms. The van der Waals surface area contributed by atoms with Crippen LogP contribution in [0.1, 0.15) is 10.4 Å². The number of Topliss-reactive ketones (excluding diaryl/α,β-unsaturated/α-hetero) is 1. The summed E-state index contributed by atoms with van der Waals surface area (Å²) in [5.74, 6) is -1.35. The van der Waals surface area contributed by atoms with E-state index in [1.807, 2.05) is 12.1 Å². The smallest absolute Gasteiger partial charge is 0.328 e. The number of hydrogen-bond acceptors (Lipinski definition) is 4. The van der Waals surface area contributed by atoms with Gasteiger partial charge in [0.25, 0.3) is 0 Å². The molecule has 1 amide bonds. The van der Waals surface area contributed by atoms with Crippen LogP contribution in [-0.2, 0) is 9.59 Å². The molecule has 0 saturated heterocycles. The lowest BCUT2D eigenvalue weighted by Crippen LogP contribution is -2.08. The molecule has 0 unspecified atom stereocenters. The molecule has 0 bridgehead atoms. The maximum absolute atomic E-state index is 12.1. The Morgan fingerprint density at radius 1 is 1.00 bits per heavy atom. The maximum Gasteiger partial charge on any atom is 0.328 e. The van der Waals surface area contributed by atoms with Crippen LogP contribution in [0.2, 0.25) is 0 Å². The minimum absolute atomic E-state index is 0.0358. The molecule has 0 saturated carbocycles. The SMILES string of the molecule is O=C(O)/C=C/C(=O)Nc1ccc(SCC(=O)c2ccc(Br)cc2)cc1. The highest BCUT2D eigenvalue weighted by Gasteiger charge is 2.07. The molecule has 0 aliphatic carbocycles. The fourth-order valence-electron chi connectivity index (χ4n) is 1.83. The number of nitrogens with one attached hydrogen (secondary N) is 1. The quantitative estimate of drug-likeness (QED) is 0.402. The molecule has 0 aliphatic rings. The largest absolute Gasteiger partial charge is 0.478 e. The van der Waals surface area contributed by atoms with E-state index in [0.717, 1.165) is 21.5 Å². The minimum atomic E-state index is -1.18. The first-order chi connectivity index (χ1) is 11.9. The topological polar surface area (TPSA) is 83.5 Å². The van der Waals surface area contributed by atoms with Crippen molar-refractivity contribution >= 4 is 51.0 Å². The van der Waals surface area contributed by atoms with Gasteiger partial charge in [0, 0.05) is 32.8 Å². The van der Waals surface area contributed by atoms with E-state index < -0.39 is 11.9 Å². The van der Waals surface area contributed by atoms with Gasteiger partial charge >= 0.3 is 5.97 Å². The average Bonchev–Trinajstić information content (AvgIpc) is 2.60. The summed E-state index contributed by atoms with van der Waals surface area (Å²) < 4.78 is 0.924. The second-order valence-electron chi connectivity index (χ2n) is 4.90. The van der Waals surface area contributed by atoms with E-state index in [1.165, 1.54) is 11.8 Å². The molecule has 7 heteroatoms. The van der Waals surface area contributed by atoms with Crippen molar-refractivity contribution in [2.24, 2.45) is 0 Å². The van der Waals surface area contributed by atoms with E-state index in [2.05, 4.69) is 21.2 Å². The van der Waals surface area contributed by atoms with Crippen LogP contribution in [-0.4, -0.2) is 28.5 Å². The molecule has 0 spiro atoms. The molecule has 128 valence electrons. The first-order valence-electron chi connectivity index (χ1n) is 7.17. The van der Waals surface area contributed by atoms with Crippen LogP contribution in [0.5, 0.6) is 0 Å². The summed E-state index contributed by atoms with van der Waals surface area (Å²) in [5, 5.41) is 11.0. The van der Waals surface area contributed by atoms with Gasteiger partial charge in [-0.2, -0.15) is 0 Å². The Kier molecular flexibility index (Phi) is 6.97. The fourth-order valence-corrected chi connectivity index (χ4v) is 2.89. The third-order valence-electron chi connectivity index (χ3n) is 3.04. The van der Waals surface area contributed by atoms with Gasteiger partial charge < -0.3 is 10.4 Å². The zero-order chi connectivity index (χ0) is 18.2. The van der Waals surface area contributed by atoms with Crippen molar-refractivity contribution in [1.82, 2.24) is 0 Å². The van der Waals surface area contributed by atoms with Gasteiger partial charge in [-0.25, -0.2) is 4.79 Å². The lowest BCUT2D eigenvalue weighted by molar-refractivity contribution is -0.131. The third-order valence-corrected chi connectivity index (χ3v) is 4.58. The highest BCUT2D eigenvalue weighted by atomic mass is 79.9. The normalized spacial score (nSPS) is 10.6. The van der Waals surface area contributed by atoms with Gasteiger partial charge in [-0.3, -0.25) is 9.59 Å². The number of halogens is 1. The lowest BCUT2D eigenvalue weighted by Gasteiger charge is -2.05. The van der Waals surface area contributed by atoms with E-state index in [9.17, 15) is 14.4 Å². The molecule has 0 radical (unpaired) electrons. The van der Waals surface area contributed by atoms with Crippen molar-refractivity contribution in [2.45, 2.75) is 4.90 Å². The Morgan fingerprint density at radius 3 is 2.24 bits per heavy atom. The zero-order valence-corrected chi connectivity index (χ0v) is 15.3. The summed E-state index contributed by atoms with van der Waals surface area (Å²) in [4.78, 5) is 34.8. The molecule has 2 aromatic carbocycles. The Bertz CT molecular complexity index is 801. The van der Waals surface area contributed by atoms with Crippen LogP contribution in [0.4, 0.5) is 5.69 Å². The average molecular weight is 420 g/mol. The van der Waals surface area contributed by atoms with Gasteiger partial charge in [0.2, 0.25) is 5.91 Å². The number of carboxylic acid groups (broad SMARTS) is 1. The lowest BCUT2D eigenvalue weighted by atomic mass is 10.2. The number of carbonyl (C=O) groups excluding carboxylic acids is 2. The number of carbonyl (C=O) groups is 3. The van der Waals surface area contributed by atoms with E-state index in [-0.39, 0.29) is 5.78 Å². The van der Waals surface area contributed by atoms with Gasteiger partial charge in [0.1, 0.15) is 0 Å². The van der Waals surface area contributed by atoms with Crippen molar-refractivity contribution in [1.29, 1.82) is 0 Å². The molecule has 0 aromatic heterocycles. The molecule has 5 nitrogen and oxygen atoms in total. The Balaban J connectivity index is 1.87. The number of thioether (sulfide) groups is 1. The summed E-state index contributed by atoms with van der Waals surface area (Å²) in [7, 11) is 0. The molecule has 0 fully saturated rings. The van der Waals surface area contributed by atoms with Gasteiger partial charge in [-0.1, -0.05) is 28.1 Å². The Labute approximate surface area is 157 Å². The number of hydrogen-bond donors (Lipinski definition) is 2. The van der Waals surface area contributed by atoms with Gasteiger partial charge in [0.15, 0.2) is 5.78 Å². The first kappa shape index (κ1) is 19.0. The Hall–Kier alpha value is -2.38. The number of rotatable bonds is 7. The second kappa shape index (κ2) is 9.19. The molecule has 2 aromatic rings. The van der Waals surface area contributed by atoms with Crippen LogP contribution < -0.4 is 5.32 Å². The number of carboxylic acids is 1. The monoisotopic (exact) mass is 419 g/mol. The Morgan fingerprint density at radius 2 is 1.64 bits per heavy atom. The molecule has 2 rings (SSSR count). The van der Waals surface area contributed by atoms with Crippen LogP contribution in [0, 0.1) is 0 Å². The van der Waals surface area contributed by atoms with Crippen molar-refractivity contribution in [3.63, 3.8) is 0 Å². The maximum atomic E-state index is 12.1. The standard InChI is InChI=1S/C18H14BrNO4S/c19-13-3-1-12(2-4-13)16(21)11-25-15-7-5-14(6-8-15)20-17(22)9-10-18(23)24/h1-10H,11H2,(H,20,22)(H,23,24)/b10-9+. The predicted octanol–water partition coefficient (Wildman–Crippen LogP) is 4.00. The number of amides is 1. The van der Waals surface area contributed by atoms with Crippen molar-refractivity contribution in [2.75, 3.05) is 11.1 Å². The van der Waals surface area contributed by atoms with E-state index >= 15 is 0 Å². The third kappa shape index (κ3) is 6.56. The predicted molar refractivity (Wildman–Crippen MR) is 101 cm³/mol. The molecule has 0 aliphatic heterocycles. The molecular formula is C18H14BrNO4S. The first-order valence-corrected chi connectivity index (χ1v) is 8.95. The summed E-state index contributed by atoms with van der Waals surface area (Å²) >= 11 is 4.73. The number of ketones is 1. The number of aliphatic carboxylic acids is 1. The molecule has 2 N–H and O–H groups in total. The van der Waals surface area contributed by atoms with Crippen LogP contribution in [0.15, 0.2) is 70.1 Å². The summed E-state index contributed by atoms with van der Waals surface area (Å²) in [6.45, 7) is 0. The number of benzene rings is 2. The number of anilines is 1. The van der Waals surface area contributed by atoms with Crippen LogP contribution >= 0.6 is 27.7 Å². The van der Waals surface area contributed by atoms with E-state index in [4.69, 9.17) is 5.11 Å². The van der Waals surface area contributed by atoms with E-state index in [1.54, 1.807) is 36.4 Å². The fraction of sp³-hybridized carbons (Fsp3) is 0.0556. The molecular weight excluding hydrogens is 406 g/mol. The minimum Gasteiger partial charge on any atom is -0.478 e. The van der Waals surface area contributed by atoms with Crippen LogP contribution in [0.25, 0.3) is 0 Å². The van der Waals surface area contributed by atoms with Crippen molar-refractivity contribution in [3.05, 3.63) is 70.7 Å². The summed E-state index contributed by atoms with van der Waals surface area (Å²) in [5.41, 5.74) is 1.20. The van der Waals surface area contributed by atoms with Gasteiger partial charge in [-0.15, -0.1) is 11.8 Å². The van der Waals surface area contributed by atoms with Crippen molar-refractivity contribution in [3.8, 4) is 0 Å². The summed E-state index contributed by atoms with van der Waals surface area (Å²) in [6.07, 6.45) is 1.72. The summed E-state index contributed by atoms with van der Waals surface area (Å²) in [6, 6.07) is 14.2. The van der Waals surface area contributed by atoms with Gasteiger partial charge in [-0.05, 0) is 36.4 Å².